The molecule has 1 aromatic heterocycles. The number of hydrogen-bond acceptors (Lipinski definition) is 7. The molecule has 2 heterocycles. The van der Waals surface area contributed by atoms with E-state index in [0.717, 1.165) is 32.5 Å². The number of hydrogen-bond donors (Lipinski definition) is 0. The molecule has 7 nitrogen and oxygen atoms in total. The van der Waals surface area contributed by atoms with E-state index in [2.05, 4.69) is 20.9 Å². The van der Waals surface area contributed by atoms with Crippen molar-refractivity contribution in [3.8, 4) is 6.07 Å². The zero-order valence-electron chi connectivity index (χ0n) is 15.6. The Morgan fingerprint density at radius 3 is 2.52 bits per heavy atom. The standard InChI is InChI=1S/C18H26N4O3/c1-13-15(17(23)24-4)10-14(11-19)16(20-13)22-8-6-18(25-5,7-9-22)12-21(2)3/h10H,6-9,12H2,1-5H3. The quantitative estimate of drug-likeness (QED) is 0.749. The summed E-state index contributed by atoms with van der Waals surface area (Å²) in [6.07, 6.45) is 1.71. The number of ether oxygens (including phenoxy) is 2. The zero-order chi connectivity index (χ0) is 18.6. The number of esters is 1. The Morgan fingerprint density at radius 1 is 1.40 bits per heavy atom. The molecule has 0 spiro atoms. The summed E-state index contributed by atoms with van der Waals surface area (Å²) in [5.74, 6) is 0.151. The summed E-state index contributed by atoms with van der Waals surface area (Å²) >= 11 is 0. The second-order valence-electron chi connectivity index (χ2n) is 6.71. The third kappa shape index (κ3) is 4.09. The zero-order valence-corrected chi connectivity index (χ0v) is 15.6. The highest BCUT2D eigenvalue weighted by molar-refractivity contribution is 5.91. The van der Waals surface area contributed by atoms with Gasteiger partial charge in [-0.2, -0.15) is 5.26 Å². The topological polar surface area (TPSA) is 78.7 Å². The lowest BCUT2D eigenvalue weighted by Crippen LogP contribution is -2.51. The summed E-state index contributed by atoms with van der Waals surface area (Å²) in [6.45, 7) is 4.11. The molecule has 136 valence electrons. The van der Waals surface area contributed by atoms with E-state index in [0.29, 0.717) is 22.6 Å². The number of rotatable bonds is 5. The first-order valence-corrected chi connectivity index (χ1v) is 8.30. The van der Waals surface area contributed by atoms with Gasteiger partial charge in [0.2, 0.25) is 0 Å². The smallest absolute Gasteiger partial charge is 0.339 e. The molecule has 0 amide bonds. The van der Waals surface area contributed by atoms with Gasteiger partial charge >= 0.3 is 5.97 Å². The Kier molecular flexibility index (Phi) is 5.98. The lowest BCUT2D eigenvalue weighted by atomic mass is 9.90. The van der Waals surface area contributed by atoms with Gasteiger partial charge in [-0.05, 0) is 39.9 Å². The van der Waals surface area contributed by atoms with E-state index in [4.69, 9.17) is 9.47 Å². The average Bonchev–Trinajstić information content (AvgIpc) is 2.61. The molecule has 0 radical (unpaired) electrons. The molecule has 7 heteroatoms. The van der Waals surface area contributed by atoms with E-state index < -0.39 is 5.97 Å². The van der Waals surface area contributed by atoms with E-state index in [1.165, 1.54) is 7.11 Å². The second-order valence-corrected chi connectivity index (χ2v) is 6.71. The molecule has 1 aliphatic heterocycles. The van der Waals surface area contributed by atoms with Crippen molar-refractivity contribution >= 4 is 11.8 Å². The van der Waals surface area contributed by atoms with Gasteiger partial charge in [-0.3, -0.25) is 0 Å². The van der Waals surface area contributed by atoms with Crippen molar-refractivity contribution in [1.29, 1.82) is 5.26 Å². The number of aryl methyl sites for hydroxylation is 1. The Balaban J connectivity index is 2.25. The van der Waals surface area contributed by atoms with Gasteiger partial charge in [0.15, 0.2) is 0 Å². The van der Waals surface area contributed by atoms with E-state index in [9.17, 15) is 10.1 Å². The van der Waals surface area contributed by atoms with Crippen molar-refractivity contribution in [2.75, 3.05) is 52.8 Å². The van der Waals surface area contributed by atoms with Crippen LogP contribution < -0.4 is 4.90 Å². The number of piperidine rings is 1. The number of methoxy groups -OCH3 is 2. The molecule has 0 atom stereocenters. The summed E-state index contributed by atoms with van der Waals surface area (Å²) in [7, 11) is 7.16. The molecule has 1 fully saturated rings. The number of pyridine rings is 1. The number of likely N-dealkylation sites (N-methyl/N-ethyl adjacent to an activating group) is 1. The van der Waals surface area contributed by atoms with Crippen LogP contribution in [0, 0.1) is 18.3 Å². The molecule has 0 bridgehead atoms. The van der Waals surface area contributed by atoms with E-state index in [-0.39, 0.29) is 5.60 Å². The Labute approximate surface area is 149 Å². The third-order valence-corrected chi connectivity index (χ3v) is 4.73. The lowest BCUT2D eigenvalue weighted by molar-refractivity contribution is -0.0455. The van der Waals surface area contributed by atoms with Gasteiger partial charge in [0, 0.05) is 26.7 Å². The molecular formula is C18H26N4O3. The van der Waals surface area contributed by atoms with Crippen LogP contribution >= 0.6 is 0 Å². The first kappa shape index (κ1) is 19.2. The minimum Gasteiger partial charge on any atom is -0.465 e. The van der Waals surface area contributed by atoms with Crippen LogP contribution in [0.4, 0.5) is 5.82 Å². The maximum Gasteiger partial charge on any atom is 0.339 e. The van der Waals surface area contributed by atoms with E-state index >= 15 is 0 Å². The monoisotopic (exact) mass is 346 g/mol. The lowest BCUT2D eigenvalue weighted by Gasteiger charge is -2.42. The Morgan fingerprint density at radius 2 is 2.04 bits per heavy atom. The first-order valence-electron chi connectivity index (χ1n) is 8.30. The fraction of sp³-hybridized carbons (Fsp3) is 0.611. The molecule has 0 saturated carbocycles. The van der Waals surface area contributed by atoms with Crippen molar-refractivity contribution in [3.63, 3.8) is 0 Å². The Hall–Kier alpha value is -2.17. The molecule has 0 unspecified atom stereocenters. The number of nitrogens with zero attached hydrogens (tertiary/aromatic N) is 4. The molecule has 0 aliphatic carbocycles. The predicted molar refractivity (Wildman–Crippen MR) is 94.8 cm³/mol. The van der Waals surface area contributed by atoms with Crippen LogP contribution in [0.5, 0.6) is 0 Å². The summed E-state index contributed by atoms with van der Waals surface area (Å²) in [6, 6.07) is 3.73. The van der Waals surface area contributed by atoms with E-state index in [1.54, 1.807) is 20.1 Å². The summed E-state index contributed by atoms with van der Waals surface area (Å²) in [5, 5.41) is 9.49. The highest BCUT2D eigenvalue weighted by Crippen LogP contribution is 2.31. The molecule has 1 aliphatic rings. The van der Waals surface area contributed by atoms with Gasteiger partial charge in [-0.15, -0.1) is 0 Å². The van der Waals surface area contributed by atoms with E-state index in [1.807, 2.05) is 14.1 Å². The van der Waals surface area contributed by atoms with Crippen LogP contribution in [0.2, 0.25) is 0 Å². The molecular weight excluding hydrogens is 320 g/mol. The molecule has 2 rings (SSSR count). The van der Waals surface area contributed by atoms with Crippen LogP contribution in [0.3, 0.4) is 0 Å². The maximum atomic E-state index is 11.8. The predicted octanol–water partition coefficient (Wildman–Crippen LogP) is 1.60. The Bertz CT molecular complexity index is 674. The van der Waals surface area contributed by atoms with Gasteiger partial charge in [-0.25, -0.2) is 9.78 Å². The van der Waals surface area contributed by atoms with Crippen LogP contribution in [0.15, 0.2) is 6.07 Å². The normalized spacial score (nSPS) is 16.6. The van der Waals surface area contributed by atoms with Gasteiger partial charge in [0.1, 0.15) is 11.9 Å². The highest BCUT2D eigenvalue weighted by atomic mass is 16.5. The second kappa shape index (κ2) is 7.81. The average molecular weight is 346 g/mol. The van der Waals surface area contributed by atoms with Crippen LogP contribution in [0.25, 0.3) is 0 Å². The number of nitriles is 1. The number of carbonyl (C=O) groups excluding carboxylic acids is 1. The number of carbonyl (C=O) groups is 1. The van der Waals surface area contributed by atoms with Crippen molar-refractivity contribution < 1.29 is 14.3 Å². The molecule has 25 heavy (non-hydrogen) atoms. The fourth-order valence-electron chi connectivity index (χ4n) is 3.36. The van der Waals surface area contributed by atoms with Gasteiger partial charge < -0.3 is 19.3 Å². The molecule has 0 N–H and O–H groups in total. The van der Waals surface area contributed by atoms with Crippen molar-refractivity contribution in [1.82, 2.24) is 9.88 Å². The van der Waals surface area contributed by atoms with Crippen molar-refractivity contribution in [2.45, 2.75) is 25.4 Å². The maximum absolute atomic E-state index is 11.8. The van der Waals surface area contributed by atoms with Crippen LogP contribution in [-0.4, -0.2) is 69.4 Å². The SMILES string of the molecule is COC(=O)c1cc(C#N)c(N2CCC(CN(C)C)(OC)CC2)nc1C. The minimum atomic E-state index is -0.476. The third-order valence-electron chi connectivity index (χ3n) is 4.73. The van der Waals surface area contributed by atoms with Crippen LogP contribution in [-0.2, 0) is 9.47 Å². The molecule has 1 aromatic rings. The first-order chi connectivity index (χ1) is 11.9. The van der Waals surface area contributed by atoms with Gasteiger partial charge in [-0.1, -0.05) is 0 Å². The van der Waals surface area contributed by atoms with Crippen LogP contribution in [0.1, 0.15) is 34.5 Å². The largest absolute Gasteiger partial charge is 0.465 e. The van der Waals surface area contributed by atoms with Crippen molar-refractivity contribution in [3.05, 3.63) is 22.9 Å². The summed E-state index contributed by atoms with van der Waals surface area (Å²) < 4.78 is 10.6. The summed E-state index contributed by atoms with van der Waals surface area (Å²) in [4.78, 5) is 20.6. The van der Waals surface area contributed by atoms with Crippen molar-refractivity contribution in [2.24, 2.45) is 0 Å². The molecule has 0 aromatic carbocycles. The minimum absolute atomic E-state index is 0.173. The highest BCUT2D eigenvalue weighted by Gasteiger charge is 2.36. The summed E-state index contributed by atoms with van der Waals surface area (Å²) in [5.41, 5.74) is 1.12. The van der Waals surface area contributed by atoms with Gasteiger partial charge in [0.05, 0.1) is 29.5 Å². The molecule has 1 saturated heterocycles. The number of aromatic nitrogens is 1. The fourth-order valence-corrected chi connectivity index (χ4v) is 3.36. The van der Waals surface area contributed by atoms with Gasteiger partial charge in [0.25, 0.3) is 0 Å². The number of anilines is 1.